The van der Waals surface area contributed by atoms with Crippen molar-refractivity contribution in [2.45, 2.75) is 25.8 Å². The third-order valence-corrected chi connectivity index (χ3v) is 4.70. The van der Waals surface area contributed by atoms with Crippen molar-refractivity contribution in [3.05, 3.63) is 27.7 Å². The Labute approximate surface area is 123 Å². The SMILES string of the molecule is CC(c1cc(Cl)c(Cl)cc1O)N1CCC(CO)CC1. The molecule has 1 unspecified atom stereocenters. The van der Waals surface area contributed by atoms with Crippen LogP contribution in [0.2, 0.25) is 10.0 Å². The number of aliphatic hydroxyl groups excluding tert-OH is 1. The van der Waals surface area contributed by atoms with E-state index < -0.39 is 0 Å². The zero-order valence-electron chi connectivity index (χ0n) is 10.9. The van der Waals surface area contributed by atoms with Crippen LogP contribution in [-0.4, -0.2) is 34.8 Å². The molecule has 2 rings (SSSR count). The average molecular weight is 304 g/mol. The topological polar surface area (TPSA) is 43.7 Å². The second-order valence-electron chi connectivity index (χ2n) is 5.16. The Hall–Kier alpha value is -0.480. The van der Waals surface area contributed by atoms with Crippen molar-refractivity contribution in [3.63, 3.8) is 0 Å². The summed E-state index contributed by atoms with van der Waals surface area (Å²) < 4.78 is 0. The van der Waals surface area contributed by atoms with Gasteiger partial charge in [0.2, 0.25) is 0 Å². The first-order valence-electron chi connectivity index (χ1n) is 6.55. The second kappa shape index (κ2) is 6.31. The largest absolute Gasteiger partial charge is 0.508 e. The normalized spacial score (nSPS) is 19.6. The summed E-state index contributed by atoms with van der Waals surface area (Å²) in [5.74, 6) is 0.594. The van der Waals surface area contributed by atoms with E-state index in [-0.39, 0.29) is 18.4 Å². The molecule has 1 aromatic carbocycles. The fourth-order valence-electron chi connectivity index (χ4n) is 2.61. The van der Waals surface area contributed by atoms with Gasteiger partial charge >= 0.3 is 0 Å². The Kier molecular flexibility index (Phi) is 4.96. The van der Waals surface area contributed by atoms with Crippen LogP contribution in [0.1, 0.15) is 31.4 Å². The molecule has 1 heterocycles. The summed E-state index contributed by atoms with van der Waals surface area (Å²) in [6, 6.07) is 3.33. The quantitative estimate of drug-likeness (QED) is 0.898. The van der Waals surface area contributed by atoms with Crippen molar-refractivity contribution >= 4 is 23.2 Å². The summed E-state index contributed by atoms with van der Waals surface area (Å²) in [7, 11) is 0. The van der Waals surface area contributed by atoms with E-state index in [2.05, 4.69) is 11.8 Å². The van der Waals surface area contributed by atoms with E-state index >= 15 is 0 Å². The Morgan fingerprint density at radius 2 is 1.84 bits per heavy atom. The summed E-state index contributed by atoms with van der Waals surface area (Å²) in [5.41, 5.74) is 0.803. The van der Waals surface area contributed by atoms with Gasteiger partial charge in [0.15, 0.2) is 0 Å². The number of halogens is 2. The van der Waals surface area contributed by atoms with Crippen molar-refractivity contribution in [2.75, 3.05) is 19.7 Å². The minimum Gasteiger partial charge on any atom is -0.508 e. The molecule has 0 aliphatic carbocycles. The number of piperidine rings is 1. The number of phenols is 1. The molecule has 0 amide bonds. The van der Waals surface area contributed by atoms with Gasteiger partial charge in [-0.15, -0.1) is 0 Å². The molecule has 106 valence electrons. The molecule has 1 aromatic rings. The van der Waals surface area contributed by atoms with Crippen LogP contribution >= 0.6 is 23.2 Å². The summed E-state index contributed by atoms with van der Waals surface area (Å²) in [6.45, 7) is 4.16. The molecule has 1 saturated heterocycles. The van der Waals surface area contributed by atoms with Gasteiger partial charge in [-0.1, -0.05) is 23.2 Å². The van der Waals surface area contributed by atoms with E-state index in [0.717, 1.165) is 31.5 Å². The molecule has 1 aliphatic heterocycles. The highest BCUT2D eigenvalue weighted by atomic mass is 35.5. The number of hydrogen-bond acceptors (Lipinski definition) is 3. The van der Waals surface area contributed by atoms with Gasteiger partial charge in [0.1, 0.15) is 5.75 Å². The average Bonchev–Trinajstić information content (AvgIpc) is 2.42. The number of hydrogen-bond donors (Lipinski definition) is 2. The second-order valence-corrected chi connectivity index (χ2v) is 5.98. The standard InChI is InChI=1S/C14H19Cl2NO2/c1-9(17-4-2-10(8-18)3-5-17)11-6-12(15)13(16)7-14(11)19/h6-7,9-10,18-19H,2-5,8H2,1H3. The first-order chi connectivity index (χ1) is 9.02. The monoisotopic (exact) mass is 303 g/mol. The highest BCUT2D eigenvalue weighted by Gasteiger charge is 2.25. The molecule has 1 fully saturated rings. The van der Waals surface area contributed by atoms with E-state index in [4.69, 9.17) is 28.3 Å². The van der Waals surface area contributed by atoms with E-state index in [1.807, 2.05) is 0 Å². The Morgan fingerprint density at radius 3 is 2.42 bits per heavy atom. The highest BCUT2D eigenvalue weighted by Crippen LogP contribution is 2.36. The van der Waals surface area contributed by atoms with E-state index in [0.29, 0.717) is 16.0 Å². The predicted molar refractivity (Wildman–Crippen MR) is 77.9 cm³/mol. The van der Waals surface area contributed by atoms with Gasteiger partial charge in [0.05, 0.1) is 10.0 Å². The first kappa shape index (κ1) is 14.9. The van der Waals surface area contributed by atoms with Crippen LogP contribution in [0.3, 0.4) is 0 Å². The summed E-state index contributed by atoms with van der Waals surface area (Å²) >= 11 is 11.9. The van der Waals surface area contributed by atoms with E-state index in [9.17, 15) is 5.11 Å². The van der Waals surface area contributed by atoms with E-state index in [1.54, 1.807) is 6.07 Å². The van der Waals surface area contributed by atoms with E-state index in [1.165, 1.54) is 6.07 Å². The number of benzene rings is 1. The minimum atomic E-state index is 0.0920. The summed E-state index contributed by atoms with van der Waals surface area (Å²) in [5, 5.41) is 20.0. The van der Waals surface area contributed by atoms with Gasteiger partial charge < -0.3 is 10.2 Å². The number of rotatable bonds is 3. The highest BCUT2D eigenvalue weighted by molar-refractivity contribution is 6.42. The number of aliphatic hydroxyl groups is 1. The first-order valence-corrected chi connectivity index (χ1v) is 7.31. The smallest absolute Gasteiger partial charge is 0.121 e. The van der Waals surface area contributed by atoms with Crippen molar-refractivity contribution in [2.24, 2.45) is 5.92 Å². The van der Waals surface area contributed by atoms with Crippen LogP contribution in [0.25, 0.3) is 0 Å². The van der Waals surface area contributed by atoms with Crippen molar-refractivity contribution in [1.29, 1.82) is 0 Å². The number of phenolic OH excluding ortho intramolecular Hbond substituents is 1. The van der Waals surface area contributed by atoms with Gasteiger partial charge in [-0.05, 0) is 44.8 Å². The number of likely N-dealkylation sites (tertiary alicyclic amines) is 1. The Morgan fingerprint density at radius 1 is 1.26 bits per heavy atom. The van der Waals surface area contributed by atoms with Gasteiger partial charge in [0.25, 0.3) is 0 Å². The molecule has 0 spiro atoms. The van der Waals surface area contributed by atoms with Crippen LogP contribution in [0.5, 0.6) is 5.75 Å². The third-order valence-electron chi connectivity index (χ3n) is 3.97. The maximum atomic E-state index is 10.0. The minimum absolute atomic E-state index is 0.0920. The zero-order chi connectivity index (χ0) is 14.0. The number of nitrogens with zero attached hydrogens (tertiary/aromatic N) is 1. The van der Waals surface area contributed by atoms with Gasteiger partial charge in [-0.25, -0.2) is 0 Å². The van der Waals surface area contributed by atoms with Crippen molar-refractivity contribution in [3.8, 4) is 5.75 Å². The van der Waals surface area contributed by atoms with Gasteiger partial charge in [-0.3, -0.25) is 4.90 Å². The molecule has 19 heavy (non-hydrogen) atoms. The van der Waals surface area contributed by atoms with Crippen LogP contribution < -0.4 is 0 Å². The molecule has 1 aliphatic rings. The molecule has 0 aromatic heterocycles. The Bertz CT molecular complexity index is 445. The van der Waals surface area contributed by atoms with Crippen LogP contribution in [0.15, 0.2) is 12.1 Å². The predicted octanol–water partition coefficient (Wildman–Crippen LogP) is 3.46. The fourth-order valence-corrected chi connectivity index (χ4v) is 2.94. The lowest BCUT2D eigenvalue weighted by Crippen LogP contribution is -2.36. The molecule has 0 radical (unpaired) electrons. The summed E-state index contributed by atoms with van der Waals surface area (Å²) in [4.78, 5) is 2.30. The maximum absolute atomic E-state index is 10.0. The van der Waals surface area contributed by atoms with Crippen LogP contribution in [0, 0.1) is 5.92 Å². The molecule has 5 heteroatoms. The van der Waals surface area contributed by atoms with Crippen molar-refractivity contribution < 1.29 is 10.2 Å². The van der Waals surface area contributed by atoms with Crippen LogP contribution in [0.4, 0.5) is 0 Å². The molecular formula is C14H19Cl2NO2. The molecule has 0 saturated carbocycles. The lowest BCUT2D eigenvalue weighted by Gasteiger charge is -2.36. The van der Waals surface area contributed by atoms with Gasteiger partial charge in [0, 0.05) is 24.3 Å². The zero-order valence-corrected chi connectivity index (χ0v) is 12.5. The van der Waals surface area contributed by atoms with Crippen molar-refractivity contribution in [1.82, 2.24) is 4.90 Å². The fraction of sp³-hybridized carbons (Fsp3) is 0.571. The lowest BCUT2D eigenvalue weighted by molar-refractivity contribution is 0.105. The third kappa shape index (κ3) is 3.34. The summed E-state index contributed by atoms with van der Waals surface area (Å²) in [6.07, 6.45) is 1.98. The molecule has 2 N–H and O–H groups in total. The van der Waals surface area contributed by atoms with Crippen LogP contribution in [-0.2, 0) is 0 Å². The maximum Gasteiger partial charge on any atom is 0.121 e. The molecule has 0 bridgehead atoms. The van der Waals surface area contributed by atoms with Gasteiger partial charge in [-0.2, -0.15) is 0 Å². The number of aromatic hydroxyl groups is 1. The molecular weight excluding hydrogens is 285 g/mol. The molecule has 3 nitrogen and oxygen atoms in total. The Balaban J connectivity index is 2.12. The lowest BCUT2D eigenvalue weighted by atomic mass is 9.95. The molecule has 1 atom stereocenters.